The third-order valence-electron chi connectivity index (χ3n) is 3.42. The molecule has 20 heavy (non-hydrogen) atoms. The maximum atomic E-state index is 5.81. The molecule has 0 radical (unpaired) electrons. The third kappa shape index (κ3) is 3.76. The maximum absolute atomic E-state index is 5.81. The van der Waals surface area contributed by atoms with E-state index < -0.39 is 0 Å². The van der Waals surface area contributed by atoms with Gasteiger partial charge in [-0.05, 0) is 36.6 Å². The number of aromatic nitrogens is 2. The summed E-state index contributed by atoms with van der Waals surface area (Å²) in [5, 5.41) is 4.58. The fourth-order valence-electron chi connectivity index (χ4n) is 2.20. The van der Waals surface area contributed by atoms with Crippen LogP contribution in [0.1, 0.15) is 44.0 Å². The second kappa shape index (κ2) is 7.34. The first-order valence-electron chi connectivity index (χ1n) is 7.08. The van der Waals surface area contributed by atoms with Crippen LogP contribution in [0.4, 0.5) is 0 Å². The number of alkyl halides is 1. The Bertz CT molecular complexity index is 535. The van der Waals surface area contributed by atoms with Crippen molar-refractivity contribution in [1.29, 1.82) is 0 Å². The highest BCUT2D eigenvalue weighted by molar-refractivity contribution is 6.17. The first-order chi connectivity index (χ1) is 9.76. The van der Waals surface area contributed by atoms with Crippen LogP contribution in [0.25, 0.3) is 0 Å². The average Bonchev–Trinajstić information content (AvgIpc) is 2.95. The quantitative estimate of drug-likeness (QED) is 0.699. The molecule has 0 saturated carbocycles. The topological polar surface area (TPSA) is 27.1 Å². The van der Waals surface area contributed by atoms with Crippen LogP contribution < -0.4 is 4.74 Å². The normalized spacial score (nSPS) is 11.0. The van der Waals surface area contributed by atoms with Crippen LogP contribution >= 0.6 is 11.6 Å². The molecule has 1 aromatic carbocycles. The van der Waals surface area contributed by atoms with Gasteiger partial charge in [-0.2, -0.15) is 5.10 Å². The van der Waals surface area contributed by atoms with Crippen molar-refractivity contribution >= 4 is 11.6 Å². The van der Waals surface area contributed by atoms with Gasteiger partial charge in [0.25, 0.3) is 0 Å². The number of benzene rings is 1. The van der Waals surface area contributed by atoms with E-state index in [0.29, 0.717) is 18.5 Å². The van der Waals surface area contributed by atoms with Gasteiger partial charge in [0.05, 0.1) is 11.7 Å². The summed E-state index contributed by atoms with van der Waals surface area (Å²) >= 11 is 5.81. The fourth-order valence-corrected chi connectivity index (χ4v) is 2.36. The molecule has 2 rings (SSSR count). The zero-order chi connectivity index (χ0) is 14.4. The van der Waals surface area contributed by atoms with Gasteiger partial charge >= 0.3 is 0 Å². The van der Waals surface area contributed by atoms with Gasteiger partial charge in [0.15, 0.2) is 0 Å². The van der Waals surface area contributed by atoms with Crippen molar-refractivity contribution in [1.82, 2.24) is 9.78 Å². The molecule has 0 N–H and O–H groups in total. The molecule has 0 atom stereocenters. The maximum Gasteiger partial charge on any atom is 0.132 e. The molecular weight excluding hydrogens is 272 g/mol. The lowest BCUT2D eigenvalue weighted by Gasteiger charge is -2.12. The number of halogens is 1. The Morgan fingerprint density at radius 3 is 2.75 bits per heavy atom. The van der Waals surface area contributed by atoms with Crippen LogP contribution in [0.2, 0.25) is 0 Å². The monoisotopic (exact) mass is 292 g/mol. The highest BCUT2D eigenvalue weighted by Gasteiger charge is 2.08. The molecular formula is C16H21ClN2O. The van der Waals surface area contributed by atoms with Gasteiger partial charge in [-0.25, -0.2) is 0 Å². The van der Waals surface area contributed by atoms with Crippen molar-refractivity contribution in [2.24, 2.45) is 0 Å². The van der Waals surface area contributed by atoms with Gasteiger partial charge < -0.3 is 4.74 Å². The first kappa shape index (κ1) is 14.9. The van der Waals surface area contributed by atoms with Crippen molar-refractivity contribution < 1.29 is 4.74 Å². The van der Waals surface area contributed by atoms with Gasteiger partial charge in [-0.15, -0.1) is 11.6 Å². The van der Waals surface area contributed by atoms with Crippen LogP contribution in [0, 0.1) is 0 Å². The largest absolute Gasteiger partial charge is 0.487 e. The van der Waals surface area contributed by atoms with E-state index in [-0.39, 0.29) is 0 Å². The number of ether oxygens (including phenoxy) is 1. The van der Waals surface area contributed by atoms with E-state index in [1.54, 1.807) is 0 Å². The Morgan fingerprint density at radius 2 is 2.05 bits per heavy atom. The van der Waals surface area contributed by atoms with Gasteiger partial charge in [-0.1, -0.05) is 26.0 Å². The van der Waals surface area contributed by atoms with Gasteiger partial charge in [0, 0.05) is 12.1 Å². The van der Waals surface area contributed by atoms with Crippen molar-refractivity contribution in [3.05, 3.63) is 47.8 Å². The summed E-state index contributed by atoms with van der Waals surface area (Å²) in [5.41, 5.74) is 2.01. The molecule has 0 amide bonds. The van der Waals surface area contributed by atoms with Crippen LogP contribution in [-0.2, 0) is 12.5 Å². The minimum atomic E-state index is 0.475. The van der Waals surface area contributed by atoms with Crippen molar-refractivity contribution in [3.8, 4) is 5.75 Å². The summed E-state index contributed by atoms with van der Waals surface area (Å²) in [7, 11) is 0. The van der Waals surface area contributed by atoms with Gasteiger partial charge in [0.1, 0.15) is 12.4 Å². The molecule has 0 unspecified atom stereocenters. The molecule has 0 fully saturated rings. The summed E-state index contributed by atoms with van der Waals surface area (Å²) in [4.78, 5) is 0. The standard InChI is InChI=1S/C16H21ClN2O/c1-3-15(4-2)19-9-8-14(18-19)12-20-16-7-5-6-13(10-16)11-17/h5-10,15H,3-4,11-12H2,1-2H3. The fraction of sp³-hybridized carbons (Fsp3) is 0.438. The van der Waals surface area contributed by atoms with Gasteiger partial charge in [0.2, 0.25) is 0 Å². The summed E-state index contributed by atoms with van der Waals surface area (Å²) in [6.45, 7) is 4.85. The number of hydrogen-bond acceptors (Lipinski definition) is 2. The molecule has 0 aliphatic heterocycles. The summed E-state index contributed by atoms with van der Waals surface area (Å²) < 4.78 is 7.80. The lowest BCUT2D eigenvalue weighted by atomic mass is 10.2. The molecule has 1 heterocycles. The molecule has 4 heteroatoms. The Kier molecular flexibility index (Phi) is 5.48. The number of nitrogens with zero attached hydrogens (tertiary/aromatic N) is 2. The molecule has 1 aromatic heterocycles. The Morgan fingerprint density at radius 1 is 1.25 bits per heavy atom. The van der Waals surface area contributed by atoms with E-state index in [1.165, 1.54) is 0 Å². The Balaban J connectivity index is 1.97. The van der Waals surface area contributed by atoms with Crippen LogP contribution in [0.5, 0.6) is 5.75 Å². The Labute approximate surface area is 125 Å². The Hall–Kier alpha value is -1.48. The second-order valence-corrected chi connectivity index (χ2v) is 5.09. The van der Waals surface area contributed by atoms with E-state index in [9.17, 15) is 0 Å². The molecule has 2 aromatic rings. The van der Waals surface area contributed by atoms with E-state index in [0.717, 1.165) is 29.8 Å². The minimum absolute atomic E-state index is 0.475. The molecule has 0 saturated heterocycles. The molecule has 108 valence electrons. The molecule has 3 nitrogen and oxygen atoms in total. The lowest BCUT2D eigenvalue weighted by Crippen LogP contribution is -2.08. The van der Waals surface area contributed by atoms with Crippen LogP contribution in [0.15, 0.2) is 36.5 Å². The molecule has 0 spiro atoms. The molecule has 0 aliphatic carbocycles. The van der Waals surface area contributed by atoms with Crippen LogP contribution in [0.3, 0.4) is 0 Å². The lowest BCUT2D eigenvalue weighted by molar-refractivity contribution is 0.297. The smallest absolute Gasteiger partial charge is 0.132 e. The first-order valence-corrected chi connectivity index (χ1v) is 7.62. The zero-order valence-electron chi connectivity index (χ0n) is 12.1. The highest BCUT2D eigenvalue weighted by atomic mass is 35.5. The van der Waals surface area contributed by atoms with Gasteiger partial charge in [-0.3, -0.25) is 4.68 Å². The number of rotatable bonds is 7. The van der Waals surface area contributed by atoms with Crippen LogP contribution in [-0.4, -0.2) is 9.78 Å². The average molecular weight is 293 g/mol. The van der Waals surface area contributed by atoms with E-state index in [2.05, 4.69) is 18.9 Å². The summed E-state index contributed by atoms with van der Waals surface area (Å²) in [6.07, 6.45) is 4.22. The van der Waals surface area contributed by atoms with E-state index in [4.69, 9.17) is 16.3 Å². The predicted molar refractivity (Wildman–Crippen MR) is 82.2 cm³/mol. The minimum Gasteiger partial charge on any atom is -0.487 e. The van der Waals surface area contributed by atoms with E-state index >= 15 is 0 Å². The van der Waals surface area contributed by atoms with Crippen molar-refractivity contribution in [2.45, 2.75) is 45.2 Å². The SMILES string of the molecule is CCC(CC)n1ccc(COc2cccc(CCl)c2)n1. The van der Waals surface area contributed by atoms with Crippen molar-refractivity contribution in [2.75, 3.05) is 0 Å². The summed E-state index contributed by atoms with van der Waals surface area (Å²) in [6, 6.07) is 10.3. The third-order valence-corrected chi connectivity index (χ3v) is 3.73. The molecule has 0 aliphatic rings. The second-order valence-electron chi connectivity index (χ2n) is 4.83. The highest BCUT2D eigenvalue weighted by Crippen LogP contribution is 2.17. The predicted octanol–water partition coefficient (Wildman–Crippen LogP) is 4.56. The van der Waals surface area contributed by atoms with Crippen molar-refractivity contribution in [3.63, 3.8) is 0 Å². The molecule has 0 bridgehead atoms. The number of hydrogen-bond donors (Lipinski definition) is 0. The summed E-state index contributed by atoms with van der Waals surface area (Å²) in [5.74, 6) is 1.33. The van der Waals surface area contributed by atoms with E-state index in [1.807, 2.05) is 41.2 Å². The zero-order valence-corrected chi connectivity index (χ0v) is 12.8.